The number of thioether (sulfide) groups is 1. The summed E-state index contributed by atoms with van der Waals surface area (Å²) in [5.74, 6) is -13.8. The summed E-state index contributed by atoms with van der Waals surface area (Å²) in [6, 6.07) is 18.9. The summed E-state index contributed by atoms with van der Waals surface area (Å²) < 4.78 is 0. The number of phenols is 1. The highest BCUT2D eigenvalue weighted by molar-refractivity contribution is 8.00. The second-order valence-electron chi connectivity index (χ2n) is 23.3. The largest absolute Gasteiger partial charge is 0.508 e. The lowest BCUT2D eigenvalue weighted by Crippen LogP contribution is -2.61. The van der Waals surface area contributed by atoms with Crippen LogP contribution in [0.2, 0.25) is 0 Å². The number of phenolic OH excluding ortho intramolecular Hbond substituents is 1. The maximum atomic E-state index is 15.0. The van der Waals surface area contributed by atoms with E-state index in [1.54, 1.807) is 105 Å². The van der Waals surface area contributed by atoms with Crippen LogP contribution in [0.3, 0.4) is 0 Å². The molecule has 1 fully saturated rings. The van der Waals surface area contributed by atoms with E-state index in [0.29, 0.717) is 22.3 Å². The van der Waals surface area contributed by atoms with Gasteiger partial charge >= 0.3 is 5.97 Å². The Labute approximate surface area is 548 Å². The number of aliphatic hydroxyl groups excluding tert-OH is 1. The molecule has 9 atom stereocenters. The van der Waals surface area contributed by atoms with Gasteiger partial charge < -0.3 is 77.9 Å². The number of carboxylic acids is 1. The van der Waals surface area contributed by atoms with E-state index in [9.17, 15) is 77.6 Å². The molecule has 12 amide bonds. The fourth-order valence-electron chi connectivity index (χ4n) is 10.2. The van der Waals surface area contributed by atoms with E-state index in [2.05, 4.69) is 37.2 Å². The zero-order valence-corrected chi connectivity index (χ0v) is 54.3. The van der Waals surface area contributed by atoms with E-state index < -0.39 is 175 Å². The molecule has 0 saturated carbocycles. The number of hydrogen-bond acceptors (Lipinski definition) is 16. The summed E-state index contributed by atoms with van der Waals surface area (Å²) in [6.45, 7) is 2.17. The standard InChI is InChI=1S/C65H84N12O16S/c1-38(2)56-61(89)70-45(27-28-55(84)85)62(90)74(4)34-52(81)69-47(30-43-23-25-44(79)26-24-43)63(91)77(7)50(32-42-21-15-10-16-22-42)64(92)75(5)35-53(82)72-57(39(3)78)65(93)76(6)49(31-41-19-13-9-14-20-41)60(88)71-48(58(86)67-33-51(66)80)36-94-37-54(83)68-46(59(87)73-56)29-40-17-11-8-12-18-40/h8-26,38-39,45-50,56-57,78-79H,27-37H2,1-7H3,(H2,66,80)(H,67,86)(H,68,83)(H,69,81)(H,70,89)(H,71,88)(H,72,82)(H,73,87)(H,84,85)/t39-,45+,46+,47+,48+,49+,50+,56+,57+/m1/s1. The minimum atomic E-state index is -1.77. The zero-order valence-electron chi connectivity index (χ0n) is 53.4. The third kappa shape index (κ3) is 23.3. The average molecular weight is 1320 g/mol. The van der Waals surface area contributed by atoms with Gasteiger partial charge in [-0.1, -0.05) is 117 Å². The van der Waals surface area contributed by atoms with Gasteiger partial charge in [-0.3, -0.25) is 62.3 Å². The average Bonchev–Trinajstić information content (AvgIpc) is 0.871. The zero-order chi connectivity index (χ0) is 69.3. The minimum absolute atomic E-state index is 0.113. The number of benzene rings is 4. The number of likely N-dealkylation sites (N-methyl/N-ethyl adjacent to an activating group) is 4. The van der Waals surface area contributed by atoms with Gasteiger partial charge in [-0.15, -0.1) is 11.8 Å². The Kier molecular flexibility index (Phi) is 29.0. The summed E-state index contributed by atoms with van der Waals surface area (Å²) in [5, 5.41) is 49.0. The van der Waals surface area contributed by atoms with Crippen molar-refractivity contribution in [3.63, 3.8) is 0 Å². The number of aliphatic hydroxyl groups is 1. The number of nitrogens with zero attached hydrogens (tertiary/aromatic N) is 4. The molecule has 29 heteroatoms. The summed E-state index contributed by atoms with van der Waals surface area (Å²) >= 11 is 0.823. The highest BCUT2D eigenvalue weighted by Crippen LogP contribution is 2.19. The Bertz CT molecular complexity index is 3310. The van der Waals surface area contributed by atoms with E-state index in [4.69, 9.17) is 5.73 Å². The molecule has 1 aliphatic rings. The molecule has 0 bridgehead atoms. The van der Waals surface area contributed by atoms with Crippen LogP contribution in [0.5, 0.6) is 5.75 Å². The number of aromatic hydroxyl groups is 1. The van der Waals surface area contributed by atoms with Crippen LogP contribution in [0.4, 0.5) is 0 Å². The van der Waals surface area contributed by atoms with Gasteiger partial charge in [0.15, 0.2) is 0 Å². The maximum Gasteiger partial charge on any atom is 0.303 e. The highest BCUT2D eigenvalue weighted by atomic mass is 32.2. The fraction of sp³-hybridized carbons (Fsp3) is 0.431. The van der Waals surface area contributed by atoms with Gasteiger partial charge in [-0.25, -0.2) is 0 Å². The molecule has 4 aromatic carbocycles. The molecule has 4 aromatic rings. The Morgan fingerprint density at radius 2 is 1.03 bits per heavy atom. The SMILES string of the molecule is CC(C)[C@@H]1NC(=O)[C@H](Cc2ccccc2)NC(=O)CSC[C@@H](C(=O)NCC(N)=O)NC(=O)[C@H](Cc2ccccc2)N(C)C(=O)[C@H]([C@@H](C)O)NC(=O)CN(C)C(=O)[C@H](Cc2ccccc2)N(C)C(=O)[C@H](Cc2ccc(O)cc2)NC(=O)CN(C)C(=O)[C@H](CCC(=O)O)NC1=O. The first-order chi connectivity index (χ1) is 44.5. The summed E-state index contributed by atoms with van der Waals surface area (Å²) in [7, 11) is 4.99. The van der Waals surface area contributed by atoms with E-state index in [0.717, 1.165) is 31.4 Å². The van der Waals surface area contributed by atoms with Crippen LogP contribution >= 0.6 is 11.8 Å². The van der Waals surface area contributed by atoms with Crippen molar-refractivity contribution in [1.82, 2.24) is 56.8 Å². The van der Waals surface area contributed by atoms with E-state index in [-0.39, 0.29) is 37.2 Å². The van der Waals surface area contributed by atoms with E-state index in [1.165, 1.54) is 59.4 Å². The molecule has 1 heterocycles. The van der Waals surface area contributed by atoms with Crippen molar-refractivity contribution < 1.29 is 77.6 Å². The van der Waals surface area contributed by atoms with Crippen molar-refractivity contribution in [3.05, 3.63) is 138 Å². The topological polar surface area (TPSA) is 406 Å². The summed E-state index contributed by atoms with van der Waals surface area (Å²) in [6.07, 6.45) is -3.47. The van der Waals surface area contributed by atoms with Crippen molar-refractivity contribution in [1.29, 1.82) is 0 Å². The number of hydrogen-bond donors (Lipinski definition) is 11. The molecule has 94 heavy (non-hydrogen) atoms. The van der Waals surface area contributed by atoms with Crippen molar-refractivity contribution in [2.24, 2.45) is 11.7 Å². The molecule has 0 aromatic heterocycles. The first-order valence-electron chi connectivity index (χ1n) is 30.3. The van der Waals surface area contributed by atoms with Gasteiger partial charge in [0.2, 0.25) is 70.9 Å². The first kappa shape index (κ1) is 74.8. The van der Waals surface area contributed by atoms with Gasteiger partial charge in [0, 0.05) is 66.0 Å². The molecule has 1 saturated heterocycles. The number of amides is 12. The van der Waals surface area contributed by atoms with Gasteiger partial charge in [0.1, 0.15) is 54.1 Å². The molecule has 1 aliphatic heterocycles. The third-order valence-electron chi connectivity index (χ3n) is 15.4. The third-order valence-corrected chi connectivity index (χ3v) is 16.4. The molecule has 0 spiro atoms. The second-order valence-corrected chi connectivity index (χ2v) is 24.3. The predicted octanol–water partition coefficient (Wildman–Crippen LogP) is -1.61. The van der Waals surface area contributed by atoms with Crippen LogP contribution in [-0.4, -0.2) is 226 Å². The molecule has 0 aliphatic carbocycles. The Hall–Kier alpha value is -9.90. The summed E-state index contributed by atoms with van der Waals surface area (Å²) in [5.41, 5.74) is 7.45. The number of rotatable bonds is 16. The number of nitrogens with one attached hydrogen (secondary N) is 7. The smallest absolute Gasteiger partial charge is 0.303 e. The van der Waals surface area contributed by atoms with Gasteiger partial charge in [-0.05, 0) is 53.6 Å². The quantitative estimate of drug-likeness (QED) is 0.0601. The number of primary amides is 1. The molecular weight excluding hydrogens is 1240 g/mol. The number of carbonyl (C=O) groups excluding carboxylic acids is 12. The molecular formula is C65H84N12O16S. The van der Waals surface area contributed by atoms with E-state index >= 15 is 0 Å². The van der Waals surface area contributed by atoms with Gasteiger partial charge in [-0.2, -0.15) is 0 Å². The highest BCUT2D eigenvalue weighted by Gasteiger charge is 2.40. The van der Waals surface area contributed by atoms with Crippen molar-refractivity contribution in [3.8, 4) is 5.75 Å². The van der Waals surface area contributed by atoms with Crippen molar-refractivity contribution >= 4 is 88.6 Å². The molecule has 506 valence electrons. The molecule has 0 radical (unpaired) electrons. The van der Waals surface area contributed by atoms with Crippen LogP contribution in [0, 0.1) is 5.92 Å². The van der Waals surface area contributed by atoms with Gasteiger partial charge in [0.05, 0.1) is 31.5 Å². The normalized spacial score (nSPS) is 22.4. The van der Waals surface area contributed by atoms with Crippen LogP contribution in [0.1, 0.15) is 55.9 Å². The minimum Gasteiger partial charge on any atom is -0.508 e. The summed E-state index contributed by atoms with van der Waals surface area (Å²) in [4.78, 5) is 186. The van der Waals surface area contributed by atoms with Crippen LogP contribution < -0.4 is 43.0 Å². The van der Waals surface area contributed by atoms with E-state index in [1.807, 2.05) is 0 Å². The maximum absolute atomic E-state index is 15.0. The molecule has 12 N–H and O–H groups in total. The second kappa shape index (κ2) is 36.4. The number of nitrogens with two attached hydrogens (primary N) is 1. The van der Waals surface area contributed by atoms with Crippen LogP contribution in [-0.2, 0) is 88.0 Å². The van der Waals surface area contributed by atoms with Crippen molar-refractivity contribution in [2.75, 3.05) is 59.3 Å². The lowest BCUT2D eigenvalue weighted by Gasteiger charge is -2.34. The lowest BCUT2D eigenvalue weighted by molar-refractivity contribution is -0.147. The Morgan fingerprint density at radius 1 is 0.543 bits per heavy atom. The monoisotopic (exact) mass is 1320 g/mol. The first-order valence-corrected chi connectivity index (χ1v) is 31.4. The predicted molar refractivity (Wildman–Crippen MR) is 345 cm³/mol. The van der Waals surface area contributed by atoms with Crippen molar-refractivity contribution in [2.45, 2.75) is 114 Å². The van der Waals surface area contributed by atoms with Crippen LogP contribution in [0.25, 0.3) is 0 Å². The molecule has 28 nitrogen and oxygen atoms in total. The van der Waals surface area contributed by atoms with Gasteiger partial charge in [0.25, 0.3) is 0 Å². The lowest BCUT2D eigenvalue weighted by atomic mass is 10.00. The number of carboxylic acid groups (broad SMARTS) is 1. The Morgan fingerprint density at radius 3 is 1.56 bits per heavy atom. The molecule has 5 rings (SSSR count). The molecule has 0 unspecified atom stereocenters. The van der Waals surface area contributed by atoms with Crippen LogP contribution in [0.15, 0.2) is 115 Å². The Balaban J connectivity index is 1.60. The fourth-order valence-corrected chi connectivity index (χ4v) is 11.0. The number of carbonyl (C=O) groups is 13. The number of aliphatic carboxylic acids is 1.